The number of hydrogen-bond acceptors (Lipinski definition) is 6. The Morgan fingerprint density at radius 2 is 1.84 bits per heavy atom. The van der Waals surface area contributed by atoms with Gasteiger partial charge in [-0.1, -0.05) is 41.6 Å². The number of Topliss-reactive ketones (excluding diaryl/α,β-unsaturated/α-hetero) is 1. The van der Waals surface area contributed by atoms with E-state index < -0.39 is 6.04 Å². The van der Waals surface area contributed by atoms with E-state index in [-0.39, 0.29) is 17.4 Å². The number of nitrogens with one attached hydrogen (secondary N) is 1. The van der Waals surface area contributed by atoms with Gasteiger partial charge in [-0.25, -0.2) is 0 Å². The van der Waals surface area contributed by atoms with Gasteiger partial charge in [0, 0.05) is 22.7 Å². The highest BCUT2D eigenvalue weighted by molar-refractivity contribution is 7.99. The number of ketones is 1. The molecule has 0 fully saturated rings. The summed E-state index contributed by atoms with van der Waals surface area (Å²) in [6.45, 7) is 6.01. The van der Waals surface area contributed by atoms with Crippen molar-refractivity contribution in [3.8, 4) is 6.07 Å². The molecule has 0 aliphatic heterocycles. The molecule has 1 aromatic heterocycles. The lowest BCUT2D eigenvalue weighted by Crippen LogP contribution is -2.28. The number of allylic oxidation sites excluding steroid dienone is 1. The quantitative estimate of drug-likeness (QED) is 0.284. The Labute approximate surface area is 195 Å². The van der Waals surface area contributed by atoms with Crippen LogP contribution in [0.3, 0.4) is 0 Å². The standard InChI is InChI=1S/C23H20ClN5O2S/c1-3-12-29-21(15(2)26-22(31)18-8-10-19(24)11-9-18)27-28-23(29)32-14-20(30)17-6-4-16(13-25)5-7-17/h3-11,15H,1,12,14H2,2H3,(H,26,31). The van der Waals surface area contributed by atoms with Gasteiger partial charge in [0.2, 0.25) is 0 Å². The molecule has 1 heterocycles. The minimum atomic E-state index is -0.422. The van der Waals surface area contributed by atoms with Crippen molar-refractivity contribution in [2.24, 2.45) is 0 Å². The lowest BCUT2D eigenvalue weighted by molar-refractivity contribution is 0.0937. The van der Waals surface area contributed by atoms with Crippen LogP contribution in [0.5, 0.6) is 0 Å². The van der Waals surface area contributed by atoms with Gasteiger partial charge in [-0.05, 0) is 43.3 Å². The van der Waals surface area contributed by atoms with E-state index in [1.54, 1.807) is 54.6 Å². The fourth-order valence-corrected chi connectivity index (χ4v) is 3.89. The second kappa shape index (κ2) is 10.8. The normalized spacial score (nSPS) is 11.4. The number of rotatable bonds is 9. The van der Waals surface area contributed by atoms with Crippen LogP contribution < -0.4 is 5.32 Å². The first-order chi connectivity index (χ1) is 15.4. The second-order valence-corrected chi connectivity index (χ2v) is 8.22. The molecule has 3 rings (SSSR count). The van der Waals surface area contributed by atoms with Crippen molar-refractivity contribution in [3.63, 3.8) is 0 Å². The number of carbonyl (C=O) groups excluding carboxylic acids is 2. The molecule has 0 radical (unpaired) electrons. The summed E-state index contributed by atoms with van der Waals surface area (Å²) in [5.41, 5.74) is 1.51. The van der Waals surface area contributed by atoms with Crippen LogP contribution in [-0.4, -0.2) is 32.2 Å². The Bertz CT molecular complexity index is 1170. The van der Waals surface area contributed by atoms with Gasteiger partial charge in [0.15, 0.2) is 16.8 Å². The number of halogens is 1. The SMILES string of the molecule is C=CCn1c(SCC(=O)c2ccc(C#N)cc2)nnc1C(C)NC(=O)c1ccc(Cl)cc1. The molecule has 0 saturated carbocycles. The van der Waals surface area contributed by atoms with Crippen LogP contribution in [0, 0.1) is 11.3 Å². The van der Waals surface area contributed by atoms with Gasteiger partial charge in [0.1, 0.15) is 0 Å². The Morgan fingerprint density at radius 1 is 1.19 bits per heavy atom. The van der Waals surface area contributed by atoms with Crippen LogP contribution in [0.25, 0.3) is 0 Å². The Kier molecular flexibility index (Phi) is 7.82. The third-order valence-electron chi connectivity index (χ3n) is 4.57. The molecule has 1 amide bonds. The number of thioether (sulfide) groups is 1. The van der Waals surface area contributed by atoms with E-state index in [2.05, 4.69) is 22.1 Å². The summed E-state index contributed by atoms with van der Waals surface area (Å²) in [5.74, 6) is 0.374. The molecular weight excluding hydrogens is 446 g/mol. The van der Waals surface area contributed by atoms with Gasteiger partial charge in [-0.3, -0.25) is 9.59 Å². The lowest BCUT2D eigenvalue weighted by atomic mass is 10.1. The molecule has 0 aliphatic rings. The van der Waals surface area contributed by atoms with Crippen molar-refractivity contribution in [2.75, 3.05) is 5.75 Å². The summed E-state index contributed by atoms with van der Waals surface area (Å²) < 4.78 is 1.82. The van der Waals surface area contributed by atoms with E-state index in [4.69, 9.17) is 16.9 Å². The van der Waals surface area contributed by atoms with Crippen LogP contribution in [0.15, 0.2) is 66.3 Å². The van der Waals surface area contributed by atoms with Crippen molar-refractivity contribution < 1.29 is 9.59 Å². The van der Waals surface area contributed by atoms with Crippen LogP contribution in [0.2, 0.25) is 5.02 Å². The van der Waals surface area contributed by atoms with Crippen LogP contribution in [0.1, 0.15) is 45.1 Å². The predicted octanol–water partition coefficient (Wildman–Crippen LogP) is 4.46. The zero-order chi connectivity index (χ0) is 23.1. The molecule has 32 heavy (non-hydrogen) atoms. The van der Waals surface area contributed by atoms with Crippen molar-refractivity contribution in [1.29, 1.82) is 5.26 Å². The molecular formula is C23H20ClN5O2S. The maximum absolute atomic E-state index is 12.5. The van der Waals surface area contributed by atoms with E-state index in [1.807, 2.05) is 17.6 Å². The summed E-state index contributed by atoms with van der Waals surface area (Å²) in [6, 6.07) is 14.7. The molecule has 3 aromatic rings. The Morgan fingerprint density at radius 3 is 2.47 bits per heavy atom. The summed E-state index contributed by atoms with van der Waals surface area (Å²) in [4.78, 5) is 25.0. The predicted molar refractivity (Wildman–Crippen MR) is 124 cm³/mol. The van der Waals surface area contributed by atoms with E-state index in [9.17, 15) is 9.59 Å². The molecule has 0 spiro atoms. The van der Waals surface area contributed by atoms with Crippen molar-refractivity contribution in [2.45, 2.75) is 24.7 Å². The first kappa shape index (κ1) is 23.3. The molecule has 7 nitrogen and oxygen atoms in total. The lowest BCUT2D eigenvalue weighted by Gasteiger charge is -2.15. The minimum absolute atomic E-state index is 0.0849. The van der Waals surface area contributed by atoms with Gasteiger partial charge in [-0.15, -0.1) is 16.8 Å². The first-order valence-corrected chi connectivity index (χ1v) is 11.1. The van der Waals surface area contributed by atoms with E-state index in [1.165, 1.54) is 11.8 Å². The number of aromatic nitrogens is 3. The maximum Gasteiger partial charge on any atom is 0.251 e. The fraction of sp³-hybridized carbons (Fsp3) is 0.174. The molecule has 1 N–H and O–H groups in total. The van der Waals surface area contributed by atoms with Crippen molar-refractivity contribution in [3.05, 3.63) is 88.7 Å². The summed E-state index contributed by atoms with van der Waals surface area (Å²) in [7, 11) is 0. The van der Waals surface area contributed by atoms with Gasteiger partial charge in [0.05, 0.1) is 23.4 Å². The number of nitrogens with zero attached hydrogens (tertiary/aromatic N) is 4. The first-order valence-electron chi connectivity index (χ1n) is 9.69. The van der Waals surface area contributed by atoms with E-state index in [0.717, 1.165) is 0 Å². The molecule has 0 saturated heterocycles. The average Bonchev–Trinajstić information content (AvgIpc) is 3.20. The second-order valence-electron chi connectivity index (χ2n) is 6.84. The highest BCUT2D eigenvalue weighted by Gasteiger charge is 2.20. The summed E-state index contributed by atoms with van der Waals surface area (Å²) in [5, 5.41) is 21.3. The van der Waals surface area contributed by atoms with Crippen molar-refractivity contribution in [1.82, 2.24) is 20.1 Å². The molecule has 2 aromatic carbocycles. The largest absolute Gasteiger partial charge is 0.342 e. The van der Waals surface area contributed by atoms with Crippen LogP contribution in [0.4, 0.5) is 0 Å². The number of nitriles is 1. The van der Waals surface area contributed by atoms with Gasteiger partial charge >= 0.3 is 0 Å². The van der Waals surface area contributed by atoms with Gasteiger partial charge < -0.3 is 9.88 Å². The number of carbonyl (C=O) groups is 2. The van der Waals surface area contributed by atoms with Gasteiger partial charge in [-0.2, -0.15) is 5.26 Å². The molecule has 162 valence electrons. The fourth-order valence-electron chi connectivity index (χ4n) is 2.92. The van der Waals surface area contributed by atoms with E-state index in [0.29, 0.717) is 39.2 Å². The monoisotopic (exact) mass is 465 g/mol. The molecule has 0 bridgehead atoms. The zero-order valence-corrected chi connectivity index (χ0v) is 18.9. The minimum Gasteiger partial charge on any atom is -0.342 e. The Balaban J connectivity index is 1.70. The van der Waals surface area contributed by atoms with Crippen LogP contribution >= 0.6 is 23.4 Å². The highest BCUT2D eigenvalue weighted by Crippen LogP contribution is 2.22. The highest BCUT2D eigenvalue weighted by atomic mass is 35.5. The third kappa shape index (κ3) is 5.63. The Hall–Kier alpha value is -3.41. The van der Waals surface area contributed by atoms with Crippen molar-refractivity contribution >= 4 is 35.1 Å². The summed E-state index contributed by atoms with van der Waals surface area (Å²) in [6.07, 6.45) is 1.70. The average molecular weight is 466 g/mol. The number of amides is 1. The maximum atomic E-state index is 12.5. The number of benzene rings is 2. The smallest absolute Gasteiger partial charge is 0.251 e. The third-order valence-corrected chi connectivity index (χ3v) is 5.79. The van der Waals surface area contributed by atoms with E-state index >= 15 is 0 Å². The van der Waals surface area contributed by atoms with Crippen LogP contribution in [-0.2, 0) is 6.54 Å². The molecule has 1 atom stereocenters. The molecule has 9 heteroatoms. The number of hydrogen-bond donors (Lipinski definition) is 1. The van der Waals surface area contributed by atoms with Gasteiger partial charge in [0.25, 0.3) is 5.91 Å². The summed E-state index contributed by atoms with van der Waals surface area (Å²) >= 11 is 7.13. The topological polar surface area (TPSA) is 101 Å². The molecule has 0 aliphatic carbocycles. The molecule has 1 unspecified atom stereocenters. The zero-order valence-electron chi connectivity index (χ0n) is 17.3.